The average Bonchev–Trinajstić information content (AvgIpc) is 2.40. The molecule has 2 rings (SSSR count). The molecule has 0 amide bonds. The molecule has 3 nitrogen and oxygen atoms in total. The van der Waals surface area contributed by atoms with Gasteiger partial charge in [0.15, 0.2) is 0 Å². The van der Waals surface area contributed by atoms with Gasteiger partial charge < -0.3 is 9.84 Å². The fourth-order valence-corrected chi connectivity index (χ4v) is 4.57. The van der Waals surface area contributed by atoms with Gasteiger partial charge in [-0.3, -0.25) is 4.79 Å². The number of carbonyl (C=O) groups is 1. The molecule has 0 heterocycles. The molecular weight excluding hydrogens is 240 g/mol. The first-order chi connectivity index (χ1) is 8.84. The average molecular weight is 264 g/mol. The molecule has 0 spiro atoms. The minimum absolute atomic E-state index is 0.0935. The normalized spacial score (nSPS) is 45.9. The van der Waals surface area contributed by atoms with Crippen molar-refractivity contribution >= 4 is 5.97 Å². The van der Waals surface area contributed by atoms with E-state index >= 15 is 0 Å². The lowest BCUT2D eigenvalue weighted by Crippen LogP contribution is -2.60. The second-order valence-corrected chi connectivity index (χ2v) is 6.63. The lowest BCUT2D eigenvalue weighted by atomic mass is 9.46. The monoisotopic (exact) mass is 264 g/mol. The highest BCUT2D eigenvalue weighted by atomic mass is 16.5. The highest BCUT2D eigenvalue weighted by Crippen LogP contribution is 2.61. The zero-order valence-electron chi connectivity index (χ0n) is 12.2. The third-order valence-corrected chi connectivity index (χ3v) is 5.80. The van der Waals surface area contributed by atoms with Crippen molar-refractivity contribution in [2.75, 3.05) is 7.11 Å². The first-order valence-corrected chi connectivity index (χ1v) is 7.13. The quantitative estimate of drug-likeness (QED) is 0.585. The molecule has 0 bridgehead atoms. The number of rotatable bonds is 1. The highest BCUT2D eigenvalue weighted by molar-refractivity contribution is 5.77. The Morgan fingerprint density at radius 3 is 2.58 bits per heavy atom. The number of fused-ring (bicyclic) bond motifs is 1. The second-order valence-electron chi connectivity index (χ2n) is 6.63. The van der Waals surface area contributed by atoms with E-state index in [2.05, 4.69) is 12.8 Å². The highest BCUT2D eigenvalue weighted by Gasteiger charge is 2.62. The van der Waals surface area contributed by atoms with Gasteiger partial charge >= 0.3 is 5.97 Å². The maximum atomic E-state index is 12.2. The van der Waals surface area contributed by atoms with Crippen LogP contribution in [0.15, 0.2) is 0 Å². The smallest absolute Gasteiger partial charge is 0.311 e. The third-order valence-electron chi connectivity index (χ3n) is 5.80. The van der Waals surface area contributed by atoms with Gasteiger partial charge in [0, 0.05) is 5.41 Å². The largest absolute Gasteiger partial charge is 0.469 e. The molecule has 0 saturated heterocycles. The van der Waals surface area contributed by atoms with E-state index in [-0.39, 0.29) is 17.3 Å². The van der Waals surface area contributed by atoms with E-state index < -0.39 is 11.0 Å². The van der Waals surface area contributed by atoms with Crippen molar-refractivity contribution in [2.24, 2.45) is 16.7 Å². The van der Waals surface area contributed by atoms with Crippen LogP contribution in [-0.4, -0.2) is 23.8 Å². The zero-order valence-corrected chi connectivity index (χ0v) is 12.2. The molecule has 19 heavy (non-hydrogen) atoms. The summed E-state index contributed by atoms with van der Waals surface area (Å²) in [7, 11) is 1.44. The summed E-state index contributed by atoms with van der Waals surface area (Å²) in [6, 6.07) is 0. The Kier molecular flexibility index (Phi) is 3.43. The number of terminal acetylenes is 1. The topological polar surface area (TPSA) is 46.5 Å². The van der Waals surface area contributed by atoms with Crippen LogP contribution in [0.4, 0.5) is 0 Å². The number of hydrogen-bond acceptors (Lipinski definition) is 3. The van der Waals surface area contributed by atoms with E-state index in [4.69, 9.17) is 11.2 Å². The van der Waals surface area contributed by atoms with Crippen LogP contribution in [0.25, 0.3) is 0 Å². The van der Waals surface area contributed by atoms with Gasteiger partial charge in [0.05, 0.1) is 12.5 Å². The van der Waals surface area contributed by atoms with Crippen LogP contribution in [0.2, 0.25) is 0 Å². The van der Waals surface area contributed by atoms with Crippen LogP contribution in [0.1, 0.15) is 52.4 Å². The van der Waals surface area contributed by atoms with E-state index in [1.807, 2.05) is 6.92 Å². The van der Waals surface area contributed by atoms with E-state index in [0.29, 0.717) is 6.42 Å². The summed E-state index contributed by atoms with van der Waals surface area (Å²) in [5.74, 6) is 2.55. The minimum Gasteiger partial charge on any atom is -0.469 e. The van der Waals surface area contributed by atoms with Gasteiger partial charge in [0.1, 0.15) is 5.60 Å². The lowest BCUT2D eigenvalue weighted by molar-refractivity contribution is -0.185. The summed E-state index contributed by atoms with van der Waals surface area (Å²) in [6.45, 7) is 4.03. The van der Waals surface area contributed by atoms with Crippen molar-refractivity contribution in [2.45, 2.75) is 58.0 Å². The summed E-state index contributed by atoms with van der Waals surface area (Å²) in [5.41, 5.74) is -2.00. The van der Waals surface area contributed by atoms with Gasteiger partial charge in [0.25, 0.3) is 0 Å². The molecule has 1 N–H and O–H groups in total. The zero-order chi connectivity index (χ0) is 14.3. The second kappa shape index (κ2) is 4.52. The van der Waals surface area contributed by atoms with Crippen molar-refractivity contribution in [1.82, 2.24) is 0 Å². The number of aliphatic hydroxyl groups is 1. The molecule has 0 aliphatic heterocycles. The number of esters is 1. The van der Waals surface area contributed by atoms with Gasteiger partial charge in [-0.25, -0.2) is 0 Å². The Balaban J connectivity index is 2.46. The Bertz CT molecular complexity index is 424. The SMILES string of the molecule is C#C[C@@]1(O)CCCC2[C@](C)(C(=O)OC)CCC[C@]21C. The van der Waals surface area contributed by atoms with Gasteiger partial charge in [-0.1, -0.05) is 19.3 Å². The van der Waals surface area contributed by atoms with Crippen LogP contribution in [-0.2, 0) is 9.53 Å². The molecule has 3 heteroatoms. The predicted molar refractivity (Wildman–Crippen MR) is 73.2 cm³/mol. The fraction of sp³-hybridized carbons (Fsp3) is 0.812. The van der Waals surface area contributed by atoms with E-state index in [0.717, 1.165) is 32.1 Å². The molecule has 2 aliphatic carbocycles. The summed E-state index contributed by atoms with van der Waals surface area (Å²) in [6.07, 6.45) is 10.7. The molecule has 0 aromatic rings. The Morgan fingerprint density at radius 1 is 1.32 bits per heavy atom. The fourth-order valence-electron chi connectivity index (χ4n) is 4.57. The molecule has 0 aromatic carbocycles. The maximum absolute atomic E-state index is 12.2. The van der Waals surface area contributed by atoms with Crippen molar-refractivity contribution < 1.29 is 14.6 Å². The number of ether oxygens (including phenoxy) is 1. The van der Waals surface area contributed by atoms with Gasteiger partial charge in [-0.2, -0.15) is 0 Å². The Hall–Kier alpha value is -1.01. The van der Waals surface area contributed by atoms with Crippen molar-refractivity contribution in [1.29, 1.82) is 0 Å². The van der Waals surface area contributed by atoms with E-state index in [1.165, 1.54) is 7.11 Å². The Labute approximate surface area is 115 Å². The van der Waals surface area contributed by atoms with E-state index in [1.54, 1.807) is 0 Å². The molecule has 2 aliphatic rings. The lowest BCUT2D eigenvalue weighted by Gasteiger charge is -2.58. The van der Waals surface area contributed by atoms with Crippen molar-refractivity contribution in [3.05, 3.63) is 0 Å². The van der Waals surface area contributed by atoms with Crippen LogP contribution < -0.4 is 0 Å². The number of methoxy groups -OCH3 is 1. The third kappa shape index (κ3) is 1.80. The van der Waals surface area contributed by atoms with Crippen LogP contribution in [0.3, 0.4) is 0 Å². The maximum Gasteiger partial charge on any atom is 0.311 e. The van der Waals surface area contributed by atoms with Crippen LogP contribution in [0.5, 0.6) is 0 Å². The number of carbonyl (C=O) groups excluding carboxylic acids is 1. The molecule has 4 atom stereocenters. The standard InChI is InChI=1S/C16H24O3/c1-5-16(18)11-6-8-12-14(2,13(17)19-4)9-7-10-15(12,16)3/h1,12,18H,6-11H2,2-4H3/t12?,14-,15-,16-/m1/s1. The minimum atomic E-state index is -1.09. The molecular formula is C16H24O3. The van der Waals surface area contributed by atoms with Gasteiger partial charge in [-0.05, 0) is 44.9 Å². The molecule has 106 valence electrons. The predicted octanol–water partition coefficient (Wildman–Crippen LogP) is 2.52. The van der Waals surface area contributed by atoms with Crippen LogP contribution >= 0.6 is 0 Å². The summed E-state index contributed by atoms with van der Waals surface area (Å²) >= 11 is 0. The van der Waals surface area contributed by atoms with E-state index in [9.17, 15) is 9.90 Å². The molecule has 1 unspecified atom stereocenters. The summed E-state index contributed by atoms with van der Waals surface area (Å²) in [5, 5.41) is 10.8. The first kappa shape index (κ1) is 14.4. The molecule has 2 fully saturated rings. The van der Waals surface area contributed by atoms with Gasteiger partial charge in [-0.15, -0.1) is 6.42 Å². The first-order valence-electron chi connectivity index (χ1n) is 7.13. The number of hydrogen-bond donors (Lipinski definition) is 1. The van der Waals surface area contributed by atoms with Crippen molar-refractivity contribution in [3.63, 3.8) is 0 Å². The molecule has 0 radical (unpaired) electrons. The summed E-state index contributed by atoms with van der Waals surface area (Å²) in [4.78, 5) is 12.2. The van der Waals surface area contributed by atoms with Crippen LogP contribution in [0, 0.1) is 29.1 Å². The molecule has 0 aromatic heterocycles. The summed E-state index contributed by atoms with van der Waals surface area (Å²) < 4.78 is 5.02. The van der Waals surface area contributed by atoms with Gasteiger partial charge in [0.2, 0.25) is 0 Å². The Morgan fingerprint density at radius 2 is 2.00 bits per heavy atom. The van der Waals surface area contributed by atoms with Crippen molar-refractivity contribution in [3.8, 4) is 12.3 Å². The molecule has 2 saturated carbocycles.